The Morgan fingerprint density at radius 3 is 3.08 bits per heavy atom. The molecule has 0 saturated heterocycles. The fourth-order valence-corrected chi connectivity index (χ4v) is 2.14. The molecule has 0 aliphatic rings. The van der Waals surface area contributed by atoms with E-state index in [9.17, 15) is 4.79 Å². The van der Waals surface area contributed by atoms with Crippen molar-refractivity contribution in [1.82, 2.24) is 0 Å². The fourth-order valence-electron chi connectivity index (χ4n) is 0.874. The molecule has 12 heavy (non-hydrogen) atoms. The van der Waals surface area contributed by atoms with Crippen LogP contribution in [0.2, 0.25) is 0 Å². The van der Waals surface area contributed by atoms with Gasteiger partial charge in [-0.25, -0.2) is 0 Å². The van der Waals surface area contributed by atoms with Crippen LogP contribution in [-0.4, -0.2) is 17.3 Å². The number of hydrogen-bond donors (Lipinski definition) is 0. The van der Waals surface area contributed by atoms with Crippen molar-refractivity contribution in [2.45, 2.75) is 13.3 Å². The summed E-state index contributed by atoms with van der Waals surface area (Å²) in [5.41, 5.74) is 0. The van der Waals surface area contributed by atoms with Crippen molar-refractivity contribution in [2.24, 2.45) is 0 Å². The predicted octanol–water partition coefficient (Wildman–Crippen LogP) is 2.61. The summed E-state index contributed by atoms with van der Waals surface area (Å²) in [5, 5.41) is 2.01. The molecular weight excluding hydrogens is 188 g/mol. The van der Waals surface area contributed by atoms with Gasteiger partial charge in [-0.05, 0) is 17.2 Å². The van der Waals surface area contributed by atoms with Crippen LogP contribution in [0.3, 0.4) is 0 Å². The van der Waals surface area contributed by atoms with Crippen LogP contribution < -0.4 is 0 Å². The van der Waals surface area contributed by atoms with E-state index in [1.165, 1.54) is 4.88 Å². The van der Waals surface area contributed by atoms with E-state index in [0.29, 0.717) is 18.0 Å². The van der Waals surface area contributed by atoms with Crippen molar-refractivity contribution >= 4 is 28.9 Å². The lowest BCUT2D eigenvalue weighted by Gasteiger charge is -1.96. The highest BCUT2D eigenvalue weighted by Gasteiger charge is 2.03. The third kappa shape index (κ3) is 3.41. The van der Waals surface area contributed by atoms with Crippen LogP contribution in [0, 0.1) is 0 Å². The Labute approximate surface area is 81.2 Å². The average Bonchev–Trinajstić information content (AvgIpc) is 2.53. The smallest absolute Gasteiger partial charge is 0.147 e. The minimum Gasteiger partial charge on any atom is -0.298 e. The lowest BCUT2D eigenvalue weighted by molar-refractivity contribution is -0.115. The molecular formula is C9H12OS2. The van der Waals surface area contributed by atoms with Crippen molar-refractivity contribution in [1.29, 1.82) is 0 Å². The second-order valence-corrected chi connectivity index (χ2v) is 4.74. The Bertz CT molecular complexity index is 229. The van der Waals surface area contributed by atoms with Crippen LogP contribution in [0.1, 0.15) is 11.8 Å². The van der Waals surface area contributed by atoms with Gasteiger partial charge in [0.2, 0.25) is 0 Å². The van der Waals surface area contributed by atoms with Gasteiger partial charge in [-0.1, -0.05) is 13.0 Å². The van der Waals surface area contributed by atoms with E-state index >= 15 is 0 Å². The summed E-state index contributed by atoms with van der Waals surface area (Å²) in [6.07, 6.45) is 0.616. The maximum atomic E-state index is 11.3. The first kappa shape index (κ1) is 9.81. The number of carbonyl (C=O) groups excluding carboxylic acids is 1. The number of thioether (sulfide) groups is 1. The van der Waals surface area contributed by atoms with Gasteiger partial charge in [0.15, 0.2) is 0 Å². The van der Waals surface area contributed by atoms with E-state index in [1.54, 1.807) is 23.1 Å². The van der Waals surface area contributed by atoms with Gasteiger partial charge in [0.05, 0.1) is 5.75 Å². The summed E-state index contributed by atoms with van der Waals surface area (Å²) >= 11 is 3.35. The molecule has 0 amide bonds. The molecule has 66 valence electrons. The van der Waals surface area contributed by atoms with Crippen molar-refractivity contribution in [3.05, 3.63) is 22.4 Å². The Kier molecular flexibility index (Phi) is 4.40. The highest BCUT2D eigenvalue weighted by atomic mass is 32.2. The van der Waals surface area contributed by atoms with Crippen molar-refractivity contribution in [2.75, 3.05) is 11.5 Å². The topological polar surface area (TPSA) is 17.1 Å². The van der Waals surface area contributed by atoms with E-state index in [4.69, 9.17) is 0 Å². The third-order valence-corrected chi connectivity index (χ3v) is 3.23. The first-order chi connectivity index (χ1) is 5.83. The molecule has 0 unspecified atom stereocenters. The Morgan fingerprint density at radius 2 is 2.50 bits per heavy atom. The highest BCUT2D eigenvalue weighted by Crippen LogP contribution is 2.10. The normalized spacial score (nSPS) is 10.1. The molecule has 0 aliphatic carbocycles. The molecule has 0 N–H and O–H groups in total. The molecule has 3 heteroatoms. The summed E-state index contributed by atoms with van der Waals surface area (Å²) in [7, 11) is 0. The van der Waals surface area contributed by atoms with Crippen molar-refractivity contribution in [3.63, 3.8) is 0 Å². The van der Waals surface area contributed by atoms with E-state index in [-0.39, 0.29) is 0 Å². The summed E-state index contributed by atoms with van der Waals surface area (Å²) in [5.74, 6) is 2.02. The zero-order valence-electron chi connectivity index (χ0n) is 7.08. The Morgan fingerprint density at radius 1 is 1.67 bits per heavy atom. The van der Waals surface area contributed by atoms with Crippen LogP contribution in [0.25, 0.3) is 0 Å². The number of carbonyl (C=O) groups is 1. The van der Waals surface area contributed by atoms with Gasteiger partial charge in [-0.2, -0.15) is 11.8 Å². The maximum Gasteiger partial charge on any atom is 0.147 e. The van der Waals surface area contributed by atoms with E-state index < -0.39 is 0 Å². The van der Waals surface area contributed by atoms with Gasteiger partial charge in [-0.15, -0.1) is 11.3 Å². The number of hydrogen-bond acceptors (Lipinski definition) is 3. The minimum atomic E-state index is 0.337. The molecule has 1 heterocycles. The van der Waals surface area contributed by atoms with E-state index in [0.717, 1.165) is 5.75 Å². The van der Waals surface area contributed by atoms with Crippen LogP contribution in [0.5, 0.6) is 0 Å². The lowest BCUT2D eigenvalue weighted by Crippen LogP contribution is -2.04. The quantitative estimate of drug-likeness (QED) is 0.727. The van der Waals surface area contributed by atoms with Crippen molar-refractivity contribution in [3.8, 4) is 0 Å². The SMILES string of the molecule is CCSCC(=O)Cc1cccs1. The van der Waals surface area contributed by atoms with Crippen LogP contribution in [0.15, 0.2) is 17.5 Å². The van der Waals surface area contributed by atoms with Gasteiger partial charge in [0.25, 0.3) is 0 Å². The second-order valence-electron chi connectivity index (χ2n) is 2.43. The summed E-state index contributed by atoms with van der Waals surface area (Å²) in [6.45, 7) is 2.07. The number of rotatable bonds is 5. The molecule has 1 aromatic rings. The molecule has 0 fully saturated rings. The van der Waals surface area contributed by atoms with Gasteiger partial charge in [0, 0.05) is 11.3 Å². The maximum absolute atomic E-state index is 11.3. The fraction of sp³-hybridized carbons (Fsp3) is 0.444. The molecule has 0 atom stereocenters. The standard InChI is InChI=1S/C9H12OS2/c1-2-11-7-8(10)6-9-4-3-5-12-9/h3-5H,2,6-7H2,1H3. The van der Waals surface area contributed by atoms with Gasteiger partial charge in [0.1, 0.15) is 5.78 Å². The molecule has 0 saturated carbocycles. The first-order valence-corrected chi connectivity index (χ1v) is 5.98. The van der Waals surface area contributed by atoms with Gasteiger partial charge >= 0.3 is 0 Å². The molecule has 1 aromatic heterocycles. The average molecular weight is 200 g/mol. The summed E-state index contributed by atoms with van der Waals surface area (Å²) < 4.78 is 0. The third-order valence-electron chi connectivity index (χ3n) is 1.42. The second kappa shape index (κ2) is 5.38. The highest BCUT2D eigenvalue weighted by molar-refractivity contribution is 7.99. The number of thiophene rings is 1. The summed E-state index contributed by atoms with van der Waals surface area (Å²) in [4.78, 5) is 12.4. The Balaban J connectivity index is 2.27. The van der Waals surface area contributed by atoms with Crippen LogP contribution in [0.4, 0.5) is 0 Å². The van der Waals surface area contributed by atoms with Crippen LogP contribution in [-0.2, 0) is 11.2 Å². The zero-order chi connectivity index (χ0) is 8.81. The number of ketones is 1. The molecule has 0 radical (unpaired) electrons. The van der Waals surface area contributed by atoms with E-state index in [2.05, 4.69) is 6.92 Å². The Hall–Kier alpha value is -0.280. The lowest BCUT2D eigenvalue weighted by atomic mass is 10.3. The van der Waals surface area contributed by atoms with Gasteiger partial charge < -0.3 is 0 Å². The summed E-state index contributed by atoms with van der Waals surface area (Å²) in [6, 6.07) is 4.00. The van der Waals surface area contributed by atoms with Crippen molar-refractivity contribution < 1.29 is 4.79 Å². The van der Waals surface area contributed by atoms with Crippen LogP contribution >= 0.6 is 23.1 Å². The largest absolute Gasteiger partial charge is 0.298 e. The first-order valence-electron chi connectivity index (χ1n) is 3.94. The zero-order valence-corrected chi connectivity index (χ0v) is 8.71. The number of Topliss-reactive ketones (excluding diaryl/α,β-unsaturated/α-hetero) is 1. The molecule has 1 nitrogen and oxygen atoms in total. The molecule has 0 aliphatic heterocycles. The monoisotopic (exact) mass is 200 g/mol. The molecule has 0 bridgehead atoms. The molecule has 0 spiro atoms. The molecule has 0 aromatic carbocycles. The minimum absolute atomic E-state index is 0.337. The van der Waals surface area contributed by atoms with Gasteiger partial charge in [-0.3, -0.25) is 4.79 Å². The predicted molar refractivity (Wildman–Crippen MR) is 56.0 cm³/mol. The molecule has 1 rings (SSSR count). The van der Waals surface area contributed by atoms with E-state index in [1.807, 2.05) is 17.5 Å².